The number of allylic oxidation sites excluding steroid dienone is 3. The zero-order valence-corrected chi connectivity index (χ0v) is 15.5. The third-order valence-electron chi connectivity index (χ3n) is 4.83. The maximum Gasteiger partial charge on any atom is 0.161 e. The van der Waals surface area contributed by atoms with Crippen molar-refractivity contribution >= 4 is 34.4 Å². The molecule has 0 amide bonds. The van der Waals surface area contributed by atoms with Gasteiger partial charge in [0.05, 0.1) is 17.6 Å². The maximum atomic E-state index is 12.9. The number of benzene rings is 1. The number of halogens is 1. The number of nitriles is 1. The molecule has 6 heteroatoms. The fraction of sp³-hybridized carbons (Fsp3) is 0.200. The summed E-state index contributed by atoms with van der Waals surface area (Å²) in [6, 6.07) is 13.5. The highest BCUT2D eigenvalue weighted by Gasteiger charge is 2.40. The Labute approximate surface area is 160 Å². The Morgan fingerprint density at radius 3 is 2.65 bits per heavy atom. The van der Waals surface area contributed by atoms with Gasteiger partial charge in [-0.05, 0) is 48.6 Å². The monoisotopic (exact) mass is 381 g/mol. The van der Waals surface area contributed by atoms with E-state index in [0.29, 0.717) is 28.4 Å². The second-order valence-corrected chi connectivity index (χ2v) is 7.72. The van der Waals surface area contributed by atoms with Gasteiger partial charge in [0, 0.05) is 33.3 Å². The third-order valence-corrected chi connectivity index (χ3v) is 6.01. The molecule has 4 rings (SSSR count). The van der Waals surface area contributed by atoms with Gasteiger partial charge in [0.25, 0.3) is 0 Å². The number of nitrogens with two attached hydrogens (primary N) is 1. The van der Waals surface area contributed by atoms with E-state index in [1.165, 1.54) is 0 Å². The largest absolute Gasteiger partial charge is 0.384 e. The van der Waals surface area contributed by atoms with Crippen molar-refractivity contribution < 1.29 is 4.79 Å². The quantitative estimate of drug-likeness (QED) is 0.818. The van der Waals surface area contributed by atoms with Gasteiger partial charge in [0.2, 0.25) is 0 Å². The fourth-order valence-electron chi connectivity index (χ4n) is 3.71. The number of hydrogen-bond donors (Lipinski definition) is 1. The first-order valence-corrected chi connectivity index (χ1v) is 9.62. The van der Waals surface area contributed by atoms with E-state index in [4.69, 9.17) is 17.3 Å². The molecule has 4 nitrogen and oxygen atoms in total. The zero-order chi connectivity index (χ0) is 18.3. The van der Waals surface area contributed by atoms with Crippen LogP contribution >= 0.6 is 22.9 Å². The molecule has 2 aromatic rings. The van der Waals surface area contributed by atoms with E-state index >= 15 is 0 Å². The molecule has 26 heavy (non-hydrogen) atoms. The van der Waals surface area contributed by atoms with E-state index in [2.05, 4.69) is 6.07 Å². The van der Waals surface area contributed by atoms with Crippen molar-refractivity contribution in [3.8, 4) is 6.07 Å². The van der Waals surface area contributed by atoms with Crippen molar-refractivity contribution in [2.24, 2.45) is 5.73 Å². The Bertz CT molecular complexity index is 967. The summed E-state index contributed by atoms with van der Waals surface area (Å²) in [6.07, 6.45) is 2.05. The van der Waals surface area contributed by atoms with Crippen LogP contribution in [0.2, 0.25) is 5.02 Å². The van der Waals surface area contributed by atoms with Crippen LogP contribution in [0.4, 0.5) is 5.69 Å². The van der Waals surface area contributed by atoms with Gasteiger partial charge >= 0.3 is 0 Å². The van der Waals surface area contributed by atoms with Crippen molar-refractivity contribution in [1.82, 2.24) is 0 Å². The van der Waals surface area contributed by atoms with E-state index in [1.807, 2.05) is 34.5 Å². The molecular formula is C20H16ClN3OS. The van der Waals surface area contributed by atoms with E-state index in [-0.39, 0.29) is 11.7 Å². The predicted octanol–water partition coefficient (Wildman–Crippen LogP) is 4.71. The van der Waals surface area contributed by atoms with Gasteiger partial charge in [-0.25, -0.2) is 0 Å². The Kier molecular flexibility index (Phi) is 4.31. The molecule has 1 aliphatic carbocycles. The van der Waals surface area contributed by atoms with Crippen LogP contribution < -0.4 is 10.6 Å². The van der Waals surface area contributed by atoms with Gasteiger partial charge in [-0.2, -0.15) is 5.26 Å². The van der Waals surface area contributed by atoms with Crippen LogP contribution in [0.5, 0.6) is 0 Å². The smallest absolute Gasteiger partial charge is 0.161 e. The molecule has 1 atom stereocenters. The van der Waals surface area contributed by atoms with Crippen molar-refractivity contribution in [1.29, 1.82) is 5.26 Å². The standard InChI is InChI=1S/C20H16ClN3OS/c21-12-6-8-13(9-7-12)24-15-3-1-4-16(25)19(15)18(14(11-22)20(24)23)17-5-2-10-26-17/h2,5-10,18H,1,3-4,23H2. The maximum absolute atomic E-state index is 12.9. The molecule has 0 saturated heterocycles. The Hall–Kier alpha value is -2.55. The number of thiophene rings is 1. The number of rotatable bonds is 2. The van der Waals surface area contributed by atoms with E-state index < -0.39 is 0 Å². The van der Waals surface area contributed by atoms with Gasteiger partial charge in [-0.3, -0.25) is 9.69 Å². The van der Waals surface area contributed by atoms with Crippen molar-refractivity contribution in [3.05, 3.63) is 74.3 Å². The summed E-state index contributed by atoms with van der Waals surface area (Å²) in [5.41, 5.74) is 9.31. The summed E-state index contributed by atoms with van der Waals surface area (Å²) in [5.74, 6) is 0.122. The number of Topliss-reactive ketones (excluding diaryl/α,β-unsaturated/α-hetero) is 1. The minimum atomic E-state index is -0.369. The first kappa shape index (κ1) is 16.9. The highest BCUT2D eigenvalue weighted by atomic mass is 35.5. The highest BCUT2D eigenvalue weighted by molar-refractivity contribution is 7.10. The van der Waals surface area contributed by atoms with E-state index in [1.54, 1.807) is 23.5 Å². The average Bonchev–Trinajstić information content (AvgIpc) is 3.16. The van der Waals surface area contributed by atoms with Gasteiger partial charge in [-0.15, -0.1) is 11.3 Å². The zero-order valence-electron chi connectivity index (χ0n) is 13.9. The predicted molar refractivity (Wildman–Crippen MR) is 104 cm³/mol. The third kappa shape index (κ3) is 2.63. The lowest BCUT2D eigenvalue weighted by Crippen LogP contribution is -2.38. The lowest BCUT2D eigenvalue weighted by atomic mass is 9.78. The Morgan fingerprint density at radius 1 is 1.23 bits per heavy atom. The lowest BCUT2D eigenvalue weighted by Gasteiger charge is -2.39. The number of ketones is 1. The number of carbonyl (C=O) groups excluding carboxylic acids is 1. The van der Waals surface area contributed by atoms with E-state index in [0.717, 1.165) is 29.1 Å². The molecule has 1 unspecified atom stereocenters. The van der Waals surface area contributed by atoms with E-state index in [9.17, 15) is 10.1 Å². The van der Waals surface area contributed by atoms with Crippen LogP contribution in [0.3, 0.4) is 0 Å². The minimum absolute atomic E-state index is 0.101. The Morgan fingerprint density at radius 2 is 2.00 bits per heavy atom. The summed E-state index contributed by atoms with van der Waals surface area (Å²) in [5, 5.41) is 12.4. The second-order valence-electron chi connectivity index (χ2n) is 6.31. The van der Waals surface area contributed by atoms with Gasteiger partial charge in [0.1, 0.15) is 5.82 Å². The van der Waals surface area contributed by atoms with Gasteiger partial charge in [-0.1, -0.05) is 17.7 Å². The van der Waals surface area contributed by atoms with Crippen LogP contribution in [0, 0.1) is 11.3 Å². The summed E-state index contributed by atoms with van der Waals surface area (Å²) < 4.78 is 0. The molecule has 2 N–H and O–H groups in total. The van der Waals surface area contributed by atoms with Crippen molar-refractivity contribution in [3.63, 3.8) is 0 Å². The SMILES string of the molecule is N#CC1=C(N)N(c2ccc(Cl)cc2)C2=C(C(=O)CCC2)C1c1cccs1. The molecule has 0 spiro atoms. The molecule has 130 valence electrons. The second kappa shape index (κ2) is 6.64. The van der Waals surface area contributed by atoms with Gasteiger partial charge in [0.15, 0.2) is 5.78 Å². The number of nitrogens with zero attached hydrogens (tertiary/aromatic N) is 2. The average molecular weight is 382 g/mol. The van der Waals surface area contributed by atoms with Crippen molar-refractivity contribution in [2.75, 3.05) is 4.90 Å². The molecule has 2 aliphatic rings. The number of anilines is 1. The molecule has 0 bridgehead atoms. The molecule has 2 heterocycles. The number of hydrogen-bond acceptors (Lipinski definition) is 5. The first-order valence-electron chi connectivity index (χ1n) is 8.37. The van der Waals surface area contributed by atoms with Crippen LogP contribution in [-0.2, 0) is 4.79 Å². The molecule has 0 saturated carbocycles. The van der Waals surface area contributed by atoms with Gasteiger partial charge < -0.3 is 5.73 Å². The molecule has 0 radical (unpaired) electrons. The van der Waals surface area contributed by atoms with Crippen LogP contribution in [0.1, 0.15) is 30.1 Å². The summed E-state index contributed by atoms with van der Waals surface area (Å²) in [4.78, 5) is 15.7. The minimum Gasteiger partial charge on any atom is -0.384 e. The summed E-state index contributed by atoms with van der Waals surface area (Å²) >= 11 is 7.56. The summed E-state index contributed by atoms with van der Waals surface area (Å²) in [6.45, 7) is 0. The Balaban J connectivity index is 1.96. The molecule has 1 aliphatic heterocycles. The molecular weight excluding hydrogens is 366 g/mol. The highest BCUT2D eigenvalue weighted by Crippen LogP contribution is 2.47. The fourth-order valence-corrected chi connectivity index (χ4v) is 4.68. The summed E-state index contributed by atoms with van der Waals surface area (Å²) in [7, 11) is 0. The van der Waals surface area contributed by atoms with Crippen LogP contribution in [-0.4, -0.2) is 5.78 Å². The molecule has 1 aromatic heterocycles. The lowest BCUT2D eigenvalue weighted by molar-refractivity contribution is -0.116. The number of carbonyl (C=O) groups is 1. The van der Waals surface area contributed by atoms with Crippen molar-refractivity contribution in [2.45, 2.75) is 25.2 Å². The molecule has 0 fully saturated rings. The molecule has 1 aromatic carbocycles. The first-order chi connectivity index (χ1) is 12.6. The van der Waals surface area contributed by atoms with Crippen LogP contribution in [0.15, 0.2) is 64.4 Å². The topological polar surface area (TPSA) is 70.1 Å². The normalized spacial score (nSPS) is 20.2. The van der Waals surface area contributed by atoms with Crippen LogP contribution in [0.25, 0.3) is 0 Å².